The molecule has 0 radical (unpaired) electrons. The molecule has 0 aromatic rings. The molecule has 0 aromatic carbocycles. The Kier molecular flexibility index (Phi) is 6.10. The van der Waals surface area contributed by atoms with Crippen LogP contribution < -0.4 is 5.32 Å². The van der Waals surface area contributed by atoms with Gasteiger partial charge in [0.25, 0.3) is 0 Å². The first-order valence-electron chi connectivity index (χ1n) is 9.17. The summed E-state index contributed by atoms with van der Waals surface area (Å²) in [7, 11) is 0. The van der Waals surface area contributed by atoms with Gasteiger partial charge in [0.2, 0.25) is 5.91 Å². The lowest BCUT2D eigenvalue weighted by atomic mass is 10.0. The van der Waals surface area contributed by atoms with Crippen LogP contribution in [0.2, 0.25) is 0 Å². The van der Waals surface area contributed by atoms with Gasteiger partial charge in [-0.25, -0.2) is 0 Å². The van der Waals surface area contributed by atoms with Crippen molar-refractivity contribution in [3.63, 3.8) is 0 Å². The molecule has 3 rings (SSSR count). The van der Waals surface area contributed by atoms with Crippen LogP contribution in [0, 0.1) is 0 Å². The molecule has 0 bridgehead atoms. The first kappa shape index (κ1) is 16.2. The zero-order valence-electron chi connectivity index (χ0n) is 13.8. The lowest BCUT2D eigenvalue weighted by Crippen LogP contribution is -2.52. The highest BCUT2D eigenvalue weighted by Crippen LogP contribution is 2.20. The van der Waals surface area contributed by atoms with Crippen LogP contribution in [-0.2, 0) is 9.53 Å². The molecule has 3 aliphatic heterocycles. The summed E-state index contributed by atoms with van der Waals surface area (Å²) in [5.41, 5.74) is 0. The third-order valence-electron chi connectivity index (χ3n) is 5.33. The number of carbonyl (C=O) groups is 1. The average molecular weight is 309 g/mol. The lowest BCUT2D eigenvalue weighted by Gasteiger charge is -2.41. The van der Waals surface area contributed by atoms with E-state index in [4.69, 9.17) is 4.74 Å². The molecular formula is C17H31N3O2. The van der Waals surface area contributed by atoms with E-state index in [1.807, 2.05) is 0 Å². The summed E-state index contributed by atoms with van der Waals surface area (Å²) < 4.78 is 5.58. The SMILES string of the molecule is O=C(CNC[C@@H]1CCCO1)N1CCC[C@@H](N2CCCCC2)C1. The number of nitrogens with one attached hydrogen (secondary N) is 1. The van der Waals surface area contributed by atoms with Crippen molar-refractivity contribution in [3.05, 3.63) is 0 Å². The van der Waals surface area contributed by atoms with Crippen LogP contribution in [-0.4, -0.2) is 73.7 Å². The number of ether oxygens (including phenoxy) is 1. The highest BCUT2D eigenvalue weighted by molar-refractivity contribution is 5.78. The molecule has 1 amide bonds. The first-order valence-corrected chi connectivity index (χ1v) is 9.17. The zero-order chi connectivity index (χ0) is 15.2. The van der Waals surface area contributed by atoms with Gasteiger partial charge in [0, 0.05) is 32.3 Å². The third-order valence-corrected chi connectivity index (χ3v) is 5.33. The molecule has 0 aliphatic carbocycles. The summed E-state index contributed by atoms with van der Waals surface area (Å²) in [5, 5.41) is 3.29. The van der Waals surface area contributed by atoms with Crippen molar-refractivity contribution in [1.82, 2.24) is 15.1 Å². The molecule has 5 heteroatoms. The quantitative estimate of drug-likeness (QED) is 0.830. The number of piperidine rings is 2. The largest absolute Gasteiger partial charge is 0.377 e. The minimum absolute atomic E-state index is 0.264. The van der Waals surface area contributed by atoms with E-state index < -0.39 is 0 Å². The second-order valence-electron chi connectivity index (χ2n) is 7.00. The Morgan fingerprint density at radius 1 is 1.05 bits per heavy atom. The molecule has 3 saturated heterocycles. The number of carbonyl (C=O) groups excluding carboxylic acids is 1. The van der Waals surface area contributed by atoms with Crippen LogP contribution >= 0.6 is 0 Å². The molecule has 0 saturated carbocycles. The zero-order valence-corrected chi connectivity index (χ0v) is 13.8. The van der Waals surface area contributed by atoms with E-state index in [-0.39, 0.29) is 5.91 Å². The minimum Gasteiger partial charge on any atom is -0.377 e. The van der Waals surface area contributed by atoms with Crippen molar-refractivity contribution < 1.29 is 9.53 Å². The monoisotopic (exact) mass is 309 g/mol. The Balaban J connectivity index is 1.39. The summed E-state index contributed by atoms with van der Waals surface area (Å²) in [5.74, 6) is 0.264. The summed E-state index contributed by atoms with van der Waals surface area (Å²) in [6.45, 7) is 6.48. The molecule has 3 fully saturated rings. The van der Waals surface area contributed by atoms with Crippen LogP contribution in [0.5, 0.6) is 0 Å². The Morgan fingerprint density at radius 2 is 1.91 bits per heavy atom. The number of rotatable bonds is 5. The van der Waals surface area contributed by atoms with Gasteiger partial charge in [-0.1, -0.05) is 6.42 Å². The van der Waals surface area contributed by atoms with Crippen LogP contribution in [0.15, 0.2) is 0 Å². The molecule has 126 valence electrons. The smallest absolute Gasteiger partial charge is 0.236 e. The molecule has 0 spiro atoms. The van der Waals surface area contributed by atoms with Crippen molar-refractivity contribution >= 4 is 5.91 Å². The van der Waals surface area contributed by atoms with Gasteiger partial charge < -0.3 is 15.0 Å². The fraction of sp³-hybridized carbons (Fsp3) is 0.941. The molecule has 5 nitrogen and oxygen atoms in total. The number of hydrogen-bond donors (Lipinski definition) is 1. The molecular weight excluding hydrogens is 278 g/mol. The number of nitrogens with zero attached hydrogens (tertiary/aromatic N) is 2. The predicted molar refractivity (Wildman–Crippen MR) is 86.9 cm³/mol. The highest BCUT2D eigenvalue weighted by atomic mass is 16.5. The maximum atomic E-state index is 12.4. The summed E-state index contributed by atoms with van der Waals surface area (Å²) in [6.07, 6.45) is 9.03. The number of hydrogen-bond acceptors (Lipinski definition) is 4. The first-order chi connectivity index (χ1) is 10.8. The number of amides is 1. The standard InChI is InChI=1S/C17H31N3O2/c21-17(13-18-12-16-7-5-11-22-16)20-10-4-6-15(14-20)19-8-2-1-3-9-19/h15-16,18H,1-14H2/t15-,16+/m1/s1. The Bertz CT molecular complexity index is 352. The van der Waals surface area contributed by atoms with E-state index in [2.05, 4.69) is 15.1 Å². The predicted octanol–water partition coefficient (Wildman–Crippen LogP) is 1.23. The van der Waals surface area contributed by atoms with Gasteiger partial charge in [0.1, 0.15) is 0 Å². The van der Waals surface area contributed by atoms with E-state index in [0.717, 1.165) is 45.5 Å². The minimum atomic E-state index is 0.264. The van der Waals surface area contributed by atoms with E-state index in [1.165, 1.54) is 38.8 Å². The van der Waals surface area contributed by atoms with E-state index >= 15 is 0 Å². The van der Waals surface area contributed by atoms with Crippen molar-refractivity contribution in [2.75, 3.05) is 45.9 Å². The molecule has 22 heavy (non-hydrogen) atoms. The second kappa shape index (κ2) is 8.27. The van der Waals surface area contributed by atoms with Crippen molar-refractivity contribution in [2.24, 2.45) is 0 Å². The second-order valence-corrected chi connectivity index (χ2v) is 7.00. The Labute approximate surface area is 134 Å². The van der Waals surface area contributed by atoms with Gasteiger partial charge >= 0.3 is 0 Å². The maximum absolute atomic E-state index is 12.4. The van der Waals surface area contributed by atoms with Crippen LogP contribution in [0.3, 0.4) is 0 Å². The van der Waals surface area contributed by atoms with Crippen LogP contribution in [0.1, 0.15) is 44.9 Å². The Morgan fingerprint density at radius 3 is 2.68 bits per heavy atom. The Hall–Kier alpha value is -0.650. The lowest BCUT2D eigenvalue weighted by molar-refractivity contribution is -0.132. The van der Waals surface area contributed by atoms with Crippen molar-refractivity contribution in [2.45, 2.75) is 57.1 Å². The van der Waals surface area contributed by atoms with Crippen LogP contribution in [0.25, 0.3) is 0 Å². The van der Waals surface area contributed by atoms with Crippen LogP contribution in [0.4, 0.5) is 0 Å². The van der Waals surface area contributed by atoms with Gasteiger partial charge in [-0.15, -0.1) is 0 Å². The third kappa shape index (κ3) is 4.43. The normalized spacial score (nSPS) is 30.6. The van der Waals surface area contributed by atoms with Gasteiger partial charge in [-0.05, 0) is 51.6 Å². The van der Waals surface area contributed by atoms with E-state index in [0.29, 0.717) is 18.7 Å². The van der Waals surface area contributed by atoms with Gasteiger partial charge in [0.05, 0.1) is 12.6 Å². The molecule has 3 heterocycles. The molecule has 3 aliphatic rings. The molecule has 2 atom stereocenters. The number of likely N-dealkylation sites (tertiary alicyclic amines) is 2. The van der Waals surface area contributed by atoms with Gasteiger partial charge in [0.15, 0.2) is 0 Å². The molecule has 0 unspecified atom stereocenters. The van der Waals surface area contributed by atoms with Gasteiger partial charge in [-0.2, -0.15) is 0 Å². The van der Waals surface area contributed by atoms with Gasteiger partial charge in [-0.3, -0.25) is 9.69 Å². The topological polar surface area (TPSA) is 44.8 Å². The van der Waals surface area contributed by atoms with Crippen molar-refractivity contribution in [1.29, 1.82) is 0 Å². The van der Waals surface area contributed by atoms with E-state index in [1.54, 1.807) is 0 Å². The van der Waals surface area contributed by atoms with Crippen molar-refractivity contribution in [3.8, 4) is 0 Å². The summed E-state index contributed by atoms with van der Waals surface area (Å²) in [6, 6.07) is 0.594. The molecule has 1 N–H and O–H groups in total. The van der Waals surface area contributed by atoms with E-state index in [9.17, 15) is 4.79 Å². The summed E-state index contributed by atoms with van der Waals surface area (Å²) in [4.78, 5) is 17.1. The fourth-order valence-electron chi connectivity index (χ4n) is 4.02. The molecule has 0 aromatic heterocycles. The fourth-order valence-corrected chi connectivity index (χ4v) is 4.02. The maximum Gasteiger partial charge on any atom is 0.236 e. The summed E-state index contributed by atoms with van der Waals surface area (Å²) >= 11 is 0. The highest BCUT2D eigenvalue weighted by Gasteiger charge is 2.28. The average Bonchev–Trinajstić information content (AvgIpc) is 3.09.